The molecule has 0 bridgehead atoms. The number of piperidine rings is 1. The maximum atomic E-state index is 11.8. The predicted molar refractivity (Wildman–Crippen MR) is 55.9 cm³/mol. The number of aliphatic hydroxyl groups excluding tert-OH is 1. The minimum atomic E-state index is -0.331. The molecule has 1 fully saturated rings. The molecule has 1 saturated heterocycles. The van der Waals surface area contributed by atoms with E-state index >= 15 is 0 Å². The maximum absolute atomic E-state index is 11.8. The van der Waals surface area contributed by atoms with Crippen molar-refractivity contribution in [2.45, 2.75) is 39.2 Å². The van der Waals surface area contributed by atoms with Crippen LogP contribution in [-0.2, 0) is 4.79 Å². The van der Waals surface area contributed by atoms with Crippen LogP contribution in [0.15, 0.2) is 11.6 Å². The number of rotatable bonds is 2. The number of aliphatic hydroxyl groups is 1. The van der Waals surface area contributed by atoms with Crippen molar-refractivity contribution in [1.82, 2.24) is 4.90 Å². The van der Waals surface area contributed by atoms with Gasteiger partial charge in [-0.25, -0.2) is 0 Å². The average Bonchev–Trinajstić information content (AvgIpc) is 2.17. The molecule has 80 valence electrons. The molecule has 3 nitrogen and oxygen atoms in total. The predicted octanol–water partition coefficient (Wildman–Crippen LogP) is 1.33. The molecule has 0 radical (unpaired) electrons. The molecular weight excluding hydrogens is 178 g/mol. The van der Waals surface area contributed by atoms with Crippen LogP contribution < -0.4 is 0 Å². The van der Waals surface area contributed by atoms with Gasteiger partial charge in [-0.15, -0.1) is 0 Å². The second-order valence-electron chi connectivity index (χ2n) is 3.84. The van der Waals surface area contributed by atoms with E-state index in [1.165, 1.54) is 0 Å². The van der Waals surface area contributed by atoms with Gasteiger partial charge in [0.05, 0.1) is 6.10 Å². The number of hydrogen-bond donors (Lipinski definition) is 1. The standard InChI is InChI=1S/C11H19NO2/c1-3-5-9(2)11(14)12-7-4-6-10(13)8-12/h5,10,13H,3-4,6-8H2,1-2H3/b9-5-/t10-/m0/s1. The van der Waals surface area contributed by atoms with Gasteiger partial charge >= 0.3 is 0 Å². The highest BCUT2D eigenvalue weighted by molar-refractivity contribution is 5.92. The Labute approximate surface area is 85.4 Å². The summed E-state index contributed by atoms with van der Waals surface area (Å²) in [4.78, 5) is 13.5. The highest BCUT2D eigenvalue weighted by atomic mass is 16.3. The van der Waals surface area contributed by atoms with Crippen LogP contribution in [0.25, 0.3) is 0 Å². The molecule has 3 heteroatoms. The molecule has 0 aliphatic carbocycles. The first-order valence-electron chi connectivity index (χ1n) is 5.29. The van der Waals surface area contributed by atoms with Gasteiger partial charge in [0.1, 0.15) is 0 Å². The first-order valence-corrected chi connectivity index (χ1v) is 5.29. The van der Waals surface area contributed by atoms with Gasteiger partial charge in [0.25, 0.3) is 0 Å². The van der Waals surface area contributed by atoms with Crippen molar-refractivity contribution in [2.75, 3.05) is 13.1 Å². The number of allylic oxidation sites excluding steroid dienone is 1. The van der Waals surface area contributed by atoms with E-state index in [1.54, 1.807) is 4.90 Å². The van der Waals surface area contributed by atoms with Crippen LogP contribution in [0.2, 0.25) is 0 Å². The van der Waals surface area contributed by atoms with Crippen LogP contribution in [0.5, 0.6) is 0 Å². The van der Waals surface area contributed by atoms with E-state index in [0.717, 1.165) is 31.4 Å². The van der Waals surface area contributed by atoms with Gasteiger partial charge in [-0.3, -0.25) is 4.79 Å². The van der Waals surface area contributed by atoms with Crippen LogP contribution >= 0.6 is 0 Å². The van der Waals surface area contributed by atoms with E-state index in [0.29, 0.717) is 6.54 Å². The summed E-state index contributed by atoms with van der Waals surface area (Å²) >= 11 is 0. The molecule has 1 N–H and O–H groups in total. The van der Waals surface area contributed by atoms with E-state index < -0.39 is 0 Å². The number of β-amino-alcohol motifs (C(OH)–C–C–N with tert-alkyl or cyclic N) is 1. The SMILES string of the molecule is CC/C=C(/C)C(=O)N1CCC[C@H](O)C1. The third-order valence-electron chi connectivity index (χ3n) is 2.53. The molecule has 0 aromatic heterocycles. The average molecular weight is 197 g/mol. The smallest absolute Gasteiger partial charge is 0.249 e. The van der Waals surface area contributed by atoms with Crippen molar-refractivity contribution in [3.63, 3.8) is 0 Å². The van der Waals surface area contributed by atoms with Gasteiger partial charge in [0.15, 0.2) is 0 Å². The molecule has 0 saturated carbocycles. The summed E-state index contributed by atoms with van der Waals surface area (Å²) in [6, 6.07) is 0. The van der Waals surface area contributed by atoms with Crippen LogP contribution in [0.4, 0.5) is 0 Å². The minimum absolute atomic E-state index is 0.0746. The quantitative estimate of drug-likeness (QED) is 0.678. The highest BCUT2D eigenvalue weighted by Crippen LogP contribution is 2.12. The Hall–Kier alpha value is -0.830. The van der Waals surface area contributed by atoms with Gasteiger partial charge in [0.2, 0.25) is 5.91 Å². The van der Waals surface area contributed by atoms with E-state index in [9.17, 15) is 9.90 Å². The fourth-order valence-electron chi connectivity index (χ4n) is 1.78. The van der Waals surface area contributed by atoms with Crippen molar-refractivity contribution < 1.29 is 9.90 Å². The fourth-order valence-corrected chi connectivity index (χ4v) is 1.78. The molecular formula is C11H19NO2. The van der Waals surface area contributed by atoms with Crippen molar-refractivity contribution >= 4 is 5.91 Å². The van der Waals surface area contributed by atoms with Gasteiger partial charge in [-0.1, -0.05) is 13.0 Å². The molecule has 1 heterocycles. The summed E-state index contributed by atoms with van der Waals surface area (Å²) < 4.78 is 0. The Morgan fingerprint density at radius 2 is 2.36 bits per heavy atom. The van der Waals surface area contributed by atoms with Crippen molar-refractivity contribution in [3.8, 4) is 0 Å². The van der Waals surface area contributed by atoms with Gasteiger partial charge < -0.3 is 10.0 Å². The zero-order chi connectivity index (χ0) is 10.6. The normalized spacial score (nSPS) is 23.8. The van der Waals surface area contributed by atoms with Gasteiger partial charge in [-0.2, -0.15) is 0 Å². The van der Waals surface area contributed by atoms with E-state index in [-0.39, 0.29) is 12.0 Å². The Morgan fingerprint density at radius 3 is 2.93 bits per heavy atom. The van der Waals surface area contributed by atoms with Gasteiger partial charge in [-0.05, 0) is 26.2 Å². The first-order chi connectivity index (χ1) is 6.65. The topological polar surface area (TPSA) is 40.5 Å². The highest BCUT2D eigenvalue weighted by Gasteiger charge is 2.22. The Morgan fingerprint density at radius 1 is 1.64 bits per heavy atom. The summed E-state index contributed by atoms with van der Waals surface area (Å²) in [5.41, 5.74) is 0.793. The number of carbonyl (C=O) groups excluding carboxylic acids is 1. The second-order valence-corrected chi connectivity index (χ2v) is 3.84. The van der Waals surface area contributed by atoms with Crippen LogP contribution in [0.3, 0.4) is 0 Å². The summed E-state index contributed by atoms with van der Waals surface area (Å²) in [5.74, 6) is 0.0746. The third-order valence-corrected chi connectivity index (χ3v) is 2.53. The number of likely N-dealkylation sites (tertiary alicyclic amines) is 1. The lowest BCUT2D eigenvalue weighted by Crippen LogP contribution is -2.42. The van der Waals surface area contributed by atoms with Crippen LogP contribution in [-0.4, -0.2) is 35.1 Å². The lowest BCUT2D eigenvalue weighted by Gasteiger charge is -2.30. The lowest BCUT2D eigenvalue weighted by molar-refractivity contribution is -0.130. The maximum Gasteiger partial charge on any atom is 0.249 e. The van der Waals surface area contributed by atoms with E-state index in [1.807, 2.05) is 19.9 Å². The number of amides is 1. The molecule has 0 unspecified atom stereocenters. The Balaban J connectivity index is 2.55. The molecule has 0 aromatic rings. The monoisotopic (exact) mass is 197 g/mol. The van der Waals surface area contributed by atoms with Crippen LogP contribution in [0, 0.1) is 0 Å². The number of nitrogens with zero attached hydrogens (tertiary/aromatic N) is 1. The molecule has 1 atom stereocenters. The lowest BCUT2D eigenvalue weighted by atomic mass is 10.1. The summed E-state index contributed by atoms with van der Waals surface area (Å²) in [7, 11) is 0. The number of carbonyl (C=O) groups is 1. The van der Waals surface area contributed by atoms with E-state index in [2.05, 4.69) is 0 Å². The molecule has 1 amide bonds. The molecule has 1 aliphatic rings. The number of hydrogen-bond acceptors (Lipinski definition) is 2. The van der Waals surface area contributed by atoms with Crippen LogP contribution in [0.1, 0.15) is 33.1 Å². The van der Waals surface area contributed by atoms with Crippen molar-refractivity contribution in [3.05, 3.63) is 11.6 Å². The van der Waals surface area contributed by atoms with Crippen molar-refractivity contribution in [2.24, 2.45) is 0 Å². The first kappa shape index (κ1) is 11.2. The summed E-state index contributed by atoms with van der Waals surface area (Å²) in [5, 5.41) is 9.43. The third kappa shape index (κ3) is 2.84. The minimum Gasteiger partial charge on any atom is -0.391 e. The summed E-state index contributed by atoms with van der Waals surface area (Å²) in [6.07, 6.45) is 4.21. The molecule has 14 heavy (non-hydrogen) atoms. The largest absolute Gasteiger partial charge is 0.391 e. The fraction of sp³-hybridized carbons (Fsp3) is 0.727. The molecule has 1 aliphatic heterocycles. The molecule has 0 aromatic carbocycles. The Bertz CT molecular complexity index is 235. The Kier molecular flexibility index (Phi) is 4.14. The molecule has 0 spiro atoms. The second kappa shape index (κ2) is 5.15. The van der Waals surface area contributed by atoms with Crippen molar-refractivity contribution in [1.29, 1.82) is 0 Å². The van der Waals surface area contributed by atoms with Gasteiger partial charge in [0, 0.05) is 18.7 Å². The van der Waals surface area contributed by atoms with E-state index in [4.69, 9.17) is 0 Å². The zero-order valence-corrected chi connectivity index (χ0v) is 8.99. The zero-order valence-electron chi connectivity index (χ0n) is 8.99. The molecule has 1 rings (SSSR count). The summed E-state index contributed by atoms with van der Waals surface area (Å²) in [6.45, 7) is 5.13.